The number of esters is 1. The van der Waals surface area contributed by atoms with Crippen LogP contribution in [-0.2, 0) is 16.1 Å². The maximum atomic E-state index is 11.8. The van der Waals surface area contributed by atoms with E-state index in [1.807, 2.05) is 12.1 Å². The summed E-state index contributed by atoms with van der Waals surface area (Å²) in [5.74, 6) is -0.623. The second-order valence-corrected chi connectivity index (χ2v) is 5.59. The lowest BCUT2D eigenvalue weighted by molar-refractivity contribution is -0.117. The van der Waals surface area contributed by atoms with E-state index in [2.05, 4.69) is 10.3 Å². The number of nitrogens with zero attached hydrogens (tertiary/aromatic N) is 2. The molecule has 1 N–H and O–H groups in total. The first kappa shape index (κ1) is 18.5. The normalized spacial score (nSPS) is 10.0. The second kappa shape index (κ2) is 8.89. The van der Waals surface area contributed by atoms with Crippen LogP contribution in [0, 0.1) is 0 Å². The SMILES string of the molecule is CCOC(=O)c1ccc(N(Cc2cccnc2)C(=S)NC(C)=O)cc1. The van der Waals surface area contributed by atoms with Gasteiger partial charge in [-0.1, -0.05) is 6.07 Å². The molecule has 0 aliphatic heterocycles. The fourth-order valence-corrected chi connectivity index (χ4v) is 2.48. The van der Waals surface area contributed by atoms with Crippen molar-refractivity contribution in [2.24, 2.45) is 0 Å². The first-order valence-corrected chi connectivity index (χ1v) is 8.17. The topological polar surface area (TPSA) is 71.5 Å². The first-order valence-electron chi connectivity index (χ1n) is 7.76. The molecule has 25 heavy (non-hydrogen) atoms. The van der Waals surface area contributed by atoms with Crippen LogP contribution in [0.5, 0.6) is 0 Å². The quantitative estimate of drug-likeness (QED) is 0.655. The van der Waals surface area contributed by atoms with Gasteiger partial charge in [-0.05, 0) is 55.0 Å². The van der Waals surface area contributed by atoms with Gasteiger partial charge in [0, 0.05) is 25.0 Å². The van der Waals surface area contributed by atoms with E-state index >= 15 is 0 Å². The number of carbonyl (C=O) groups excluding carboxylic acids is 2. The summed E-state index contributed by atoms with van der Waals surface area (Å²) in [6.07, 6.45) is 3.42. The summed E-state index contributed by atoms with van der Waals surface area (Å²) in [5, 5.41) is 2.90. The molecule has 0 bridgehead atoms. The number of anilines is 1. The number of hydrogen-bond acceptors (Lipinski definition) is 5. The van der Waals surface area contributed by atoms with Gasteiger partial charge in [0.15, 0.2) is 5.11 Å². The standard InChI is InChI=1S/C18H19N3O3S/c1-3-24-17(23)15-6-8-16(9-7-15)21(18(25)20-13(2)22)12-14-5-4-10-19-11-14/h4-11H,3,12H2,1-2H3,(H,20,22,25). The summed E-state index contributed by atoms with van der Waals surface area (Å²) in [5.41, 5.74) is 2.14. The molecule has 6 nitrogen and oxygen atoms in total. The van der Waals surface area contributed by atoms with Crippen molar-refractivity contribution >= 4 is 34.9 Å². The fraction of sp³-hybridized carbons (Fsp3) is 0.222. The van der Waals surface area contributed by atoms with Crippen molar-refractivity contribution in [3.05, 3.63) is 59.9 Å². The molecule has 2 aromatic rings. The van der Waals surface area contributed by atoms with Crippen molar-refractivity contribution in [1.82, 2.24) is 10.3 Å². The summed E-state index contributed by atoms with van der Waals surface area (Å²) in [7, 11) is 0. The van der Waals surface area contributed by atoms with Crippen LogP contribution in [0.4, 0.5) is 5.69 Å². The van der Waals surface area contributed by atoms with E-state index < -0.39 is 0 Å². The molecule has 0 aliphatic rings. The Kier molecular flexibility index (Phi) is 6.59. The highest BCUT2D eigenvalue weighted by molar-refractivity contribution is 7.80. The Hall–Kier alpha value is -2.80. The lowest BCUT2D eigenvalue weighted by Gasteiger charge is -2.25. The smallest absolute Gasteiger partial charge is 0.338 e. The van der Waals surface area contributed by atoms with E-state index in [4.69, 9.17) is 17.0 Å². The molecule has 0 fully saturated rings. The van der Waals surface area contributed by atoms with Gasteiger partial charge in [-0.15, -0.1) is 0 Å². The fourth-order valence-electron chi connectivity index (χ4n) is 2.16. The van der Waals surface area contributed by atoms with Crippen LogP contribution in [0.2, 0.25) is 0 Å². The van der Waals surface area contributed by atoms with E-state index in [0.717, 1.165) is 11.3 Å². The minimum Gasteiger partial charge on any atom is -0.462 e. The lowest BCUT2D eigenvalue weighted by Crippen LogP contribution is -2.41. The zero-order chi connectivity index (χ0) is 18.2. The number of rotatable bonds is 5. The molecule has 1 heterocycles. The Morgan fingerprint density at radius 1 is 1.24 bits per heavy atom. The van der Waals surface area contributed by atoms with Crippen LogP contribution < -0.4 is 10.2 Å². The van der Waals surface area contributed by atoms with Gasteiger partial charge in [-0.2, -0.15) is 0 Å². The molecule has 0 atom stereocenters. The molecule has 0 unspecified atom stereocenters. The van der Waals surface area contributed by atoms with E-state index in [1.54, 1.807) is 48.5 Å². The molecule has 1 aromatic heterocycles. The van der Waals surface area contributed by atoms with Crippen molar-refractivity contribution < 1.29 is 14.3 Å². The number of hydrogen-bond donors (Lipinski definition) is 1. The summed E-state index contributed by atoms with van der Waals surface area (Å²) in [4.78, 5) is 29.0. The van der Waals surface area contributed by atoms with Gasteiger partial charge in [0.2, 0.25) is 5.91 Å². The number of carbonyl (C=O) groups is 2. The number of pyridine rings is 1. The Labute approximate surface area is 151 Å². The third-order valence-corrected chi connectivity index (χ3v) is 3.60. The number of nitrogens with one attached hydrogen (secondary N) is 1. The molecule has 0 saturated carbocycles. The van der Waals surface area contributed by atoms with E-state index in [9.17, 15) is 9.59 Å². The zero-order valence-electron chi connectivity index (χ0n) is 14.1. The minimum absolute atomic E-state index is 0.246. The molecule has 0 aliphatic carbocycles. The van der Waals surface area contributed by atoms with Crippen molar-refractivity contribution in [2.45, 2.75) is 20.4 Å². The molecular formula is C18H19N3O3S. The second-order valence-electron chi connectivity index (χ2n) is 5.20. The van der Waals surface area contributed by atoms with Crippen LogP contribution >= 0.6 is 12.2 Å². The summed E-state index contributed by atoms with van der Waals surface area (Å²) in [6.45, 7) is 3.91. The third-order valence-electron chi connectivity index (χ3n) is 3.28. The number of amides is 1. The Morgan fingerprint density at radius 2 is 1.96 bits per heavy atom. The highest BCUT2D eigenvalue weighted by Gasteiger charge is 2.15. The number of benzene rings is 1. The van der Waals surface area contributed by atoms with Gasteiger partial charge >= 0.3 is 5.97 Å². The van der Waals surface area contributed by atoms with E-state index in [-0.39, 0.29) is 17.0 Å². The average molecular weight is 357 g/mol. The maximum Gasteiger partial charge on any atom is 0.338 e. The van der Waals surface area contributed by atoms with Crippen molar-refractivity contribution in [3.63, 3.8) is 0 Å². The van der Waals surface area contributed by atoms with Gasteiger partial charge in [-0.3, -0.25) is 9.78 Å². The van der Waals surface area contributed by atoms with Crippen molar-refractivity contribution in [3.8, 4) is 0 Å². The third kappa shape index (κ3) is 5.36. The van der Waals surface area contributed by atoms with Crippen molar-refractivity contribution in [1.29, 1.82) is 0 Å². The molecule has 2 rings (SSSR count). The Bertz CT molecular complexity index is 748. The summed E-state index contributed by atoms with van der Waals surface area (Å²) >= 11 is 5.34. The molecular weight excluding hydrogens is 338 g/mol. The van der Waals surface area contributed by atoms with Gasteiger partial charge in [0.05, 0.1) is 18.7 Å². The van der Waals surface area contributed by atoms with Crippen LogP contribution in [0.3, 0.4) is 0 Å². The van der Waals surface area contributed by atoms with Gasteiger partial charge in [0.1, 0.15) is 0 Å². The first-order chi connectivity index (χ1) is 12.0. The molecule has 1 aromatic carbocycles. The van der Waals surface area contributed by atoms with E-state index in [0.29, 0.717) is 18.7 Å². The van der Waals surface area contributed by atoms with Gasteiger partial charge in [-0.25, -0.2) is 4.79 Å². The van der Waals surface area contributed by atoms with Gasteiger partial charge < -0.3 is 15.0 Å². The predicted molar refractivity (Wildman–Crippen MR) is 99.2 cm³/mol. The zero-order valence-corrected chi connectivity index (χ0v) is 14.9. The maximum absolute atomic E-state index is 11.8. The molecule has 1 amide bonds. The van der Waals surface area contributed by atoms with Crippen LogP contribution in [-0.4, -0.2) is 28.6 Å². The Morgan fingerprint density at radius 3 is 2.52 bits per heavy atom. The highest BCUT2D eigenvalue weighted by Crippen LogP contribution is 2.19. The Balaban J connectivity index is 2.26. The highest BCUT2D eigenvalue weighted by atomic mass is 32.1. The molecule has 7 heteroatoms. The molecule has 0 saturated heterocycles. The average Bonchev–Trinajstić information content (AvgIpc) is 2.60. The summed E-state index contributed by atoms with van der Waals surface area (Å²) in [6, 6.07) is 10.6. The monoisotopic (exact) mass is 357 g/mol. The molecule has 130 valence electrons. The molecule has 0 radical (unpaired) electrons. The van der Waals surface area contributed by atoms with Crippen molar-refractivity contribution in [2.75, 3.05) is 11.5 Å². The van der Waals surface area contributed by atoms with E-state index in [1.165, 1.54) is 6.92 Å². The van der Waals surface area contributed by atoms with Crippen LogP contribution in [0.15, 0.2) is 48.8 Å². The summed E-state index contributed by atoms with van der Waals surface area (Å²) < 4.78 is 4.98. The predicted octanol–water partition coefficient (Wildman–Crippen LogP) is 2.69. The van der Waals surface area contributed by atoms with Crippen LogP contribution in [0.1, 0.15) is 29.8 Å². The van der Waals surface area contributed by atoms with Gasteiger partial charge in [0.25, 0.3) is 0 Å². The number of ether oxygens (including phenoxy) is 1. The largest absolute Gasteiger partial charge is 0.462 e. The minimum atomic E-state index is -0.378. The lowest BCUT2D eigenvalue weighted by atomic mass is 10.2. The number of aromatic nitrogens is 1. The number of thiocarbonyl (C=S) groups is 1. The molecule has 0 spiro atoms. The van der Waals surface area contributed by atoms with Crippen LogP contribution in [0.25, 0.3) is 0 Å².